The Morgan fingerprint density at radius 1 is 1.50 bits per heavy atom. The van der Waals surface area contributed by atoms with E-state index in [1.165, 1.54) is 0 Å². The highest BCUT2D eigenvalue weighted by atomic mass is 16.5. The molecule has 2 rings (SSSR count). The lowest BCUT2D eigenvalue weighted by Crippen LogP contribution is -2.31. The first-order valence-corrected chi connectivity index (χ1v) is 5.91. The van der Waals surface area contributed by atoms with Gasteiger partial charge in [0.2, 0.25) is 5.91 Å². The predicted octanol–water partition coefficient (Wildman–Crippen LogP) is 0.767. The van der Waals surface area contributed by atoms with Crippen molar-refractivity contribution >= 4 is 11.9 Å². The van der Waals surface area contributed by atoms with Crippen LogP contribution in [0.5, 0.6) is 0 Å². The fraction of sp³-hybridized carbons (Fsp3) is 0.583. The molecule has 1 aromatic heterocycles. The topological polar surface area (TPSA) is 83.6 Å². The molecular weight excluding hydrogens is 236 g/mol. The lowest BCUT2D eigenvalue weighted by Gasteiger charge is -2.15. The van der Waals surface area contributed by atoms with Gasteiger partial charge in [-0.25, -0.2) is 0 Å². The van der Waals surface area contributed by atoms with Gasteiger partial charge in [-0.2, -0.15) is 0 Å². The summed E-state index contributed by atoms with van der Waals surface area (Å²) in [5.41, 5.74) is 1.52. The minimum atomic E-state index is -0.831. The van der Waals surface area contributed by atoms with Crippen LogP contribution in [0.3, 0.4) is 0 Å². The van der Waals surface area contributed by atoms with E-state index >= 15 is 0 Å². The van der Waals surface area contributed by atoms with Crippen molar-refractivity contribution in [1.29, 1.82) is 0 Å². The van der Waals surface area contributed by atoms with Crippen molar-refractivity contribution in [3.8, 4) is 0 Å². The van der Waals surface area contributed by atoms with Crippen LogP contribution in [0.25, 0.3) is 0 Å². The van der Waals surface area contributed by atoms with Crippen molar-refractivity contribution in [3.05, 3.63) is 17.0 Å². The molecule has 1 fully saturated rings. The lowest BCUT2D eigenvalue weighted by atomic mass is 10.1. The Kier molecular flexibility index (Phi) is 3.36. The van der Waals surface area contributed by atoms with Gasteiger partial charge in [0.05, 0.1) is 18.0 Å². The molecule has 1 saturated heterocycles. The number of carboxylic acid groups (broad SMARTS) is 1. The van der Waals surface area contributed by atoms with Gasteiger partial charge < -0.3 is 14.5 Å². The number of aryl methyl sites for hydroxylation is 2. The molecule has 1 atom stereocenters. The highest BCUT2D eigenvalue weighted by molar-refractivity contribution is 5.81. The van der Waals surface area contributed by atoms with Gasteiger partial charge in [-0.3, -0.25) is 9.59 Å². The van der Waals surface area contributed by atoms with E-state index in [-0.39, 0.29) is 12.3 Å². The van der Waals surface area contributed by atoms with Gasteiger partial charge in [0.1, 0.15) is 5.76 Å². The molecule has 1 aromatic rings. The average Bonchev–Trinajstić information content (AvgIpc) is 2.91. The zero-order chi connectivity index (χ0) is 13.3. The Hall–Kier alpha value is -1.85. The van der Waals surface area contributed by atoms with Crippen LogP contribution in [0, 0.1) is 19.8 Å². The quantitative estimate of drug-likeness (QED) is 0.858. The number of hydrogen-bond donors (Lipinski definition) is 1. The third-order valence-electron chi connectivity index (χ3n) is 3.40. The third-order valence-corrected chi connectivity index (χ3v) is 3.40. The van der Waals surface area contributed by atoms with Gasteiger partial charge in [0.15, 0.2) is 0 Å². The van der Waals surface area contributed by atoms with Crippen LogP contribution in [0.4, 0.5) is 0 Å². The largest absolute Gasteiger partial charge is 0.481 e. The van der Waals surface area contributed by atoms with E-state index in [9.17, 15) is 9.59 Å². The number of amides is 1. The number of likely N-dealkylation sites (tertiary alicyclic amines) is 1. The molecule has 0 spiro atoms. The predicted molar refractivity (Wildman–Crippen MR) is 62.0 cm³/mol. The number of nitrogens with zero attached hydrogens (tertiary/aromatic N) is 2. The molecule has 0 bridgehead atoms. The van der Waals surface area contributed by atoms with Crippen molar-refractivity contribution in [3.63, 3.8) is 0 Å². The molecule has 2 heterocycles. The van der Waals surface area contributed by atoms with E-state index in [2.05, 4.69) is 5.16 Å². The molecule has 0 radical (unpaired) electrons. The minimum absolute atomic E-state index is 0.0619. The maximum Gasteiger partial charge on any atom is 0.308 e. The highest BCUT2D eigenvalue weighted by Crippen LogP contribution is 2.19. The summed E-state index contributed by atoms with van der Waals surface area (Å²) in [6, 6.07) is 0. The summed E-state index contributed by atoms with van der Waals surface area (Å²) in [4.78, 5) is 24.5. The van der Waals surface area contributed by atoms with Crippen molar-refractivity contribution in [2.24, 2.45) is 5.92 Å². The SMILES string of the molecule is Cc1noc(C)c1CC(=O)N1CC[C@@H](C(=O)O)C1. The number of carbonyl (C=O) groups is 2. The van der Waals surface area contributed by atoms with E-state index in [1.807, 2.05) is 0 Å². The first-order chi connectivity index (χ1) is 8.49. The number of rotatable bonds is 3. The molecule has 1 N–H and O–H groups in total. The molecule has 0 saturated carbocycles. The molecular formula is C12H16N2O4. The molecule has 0 aliphatic carbocycles. The van der Waals surface area contributed by atoms with Gasteiger partial charge in [-0.05, 0) is 20.3 Å². The van der Waals surface area contributed by atoms with Crippen molar-refractivity contribution in [1.82, 2.24) is 10.1 Å². The van der Waals surface area contributed by atoms with Crippen LogP contribution in [-0.4, -0.2) is 40.1 Å². The minimum Gasteiger partial charge on any atom is -0.481 e. The van der Waals surface area contributed by atoms with E-state index in [4.69, 9.17) is 9.63 Å². The molecule has 18 heavy (non-hydrogen) atoms. The van der Waals surface area contributed by atoms with Gasteiger partial charge in [0, 0.05) is 18.7 Å². The second-order valence-electron chi connectivity index (χ2n) is 4.64. The Bertz CT molecular complexity index is 461. The van der Waals surface area contributed by atoms with Crippen LogP contribution in [0.1, 0.15) is 23.4 Å². The van der Waals surface area contributed by atoms with Crippen LogP contribution >= 0.6 is 0 Å². The van der Waals surface area contributed by atoms with Gasteiger partial charge in [0.25, 0.3) is 0 Å². The number of hydrogen-bond acceptors (Lipinski definition) is 4. The van der Waals surface area contributed by atoms with Crippen LogP contribution < -0.4 is 0 Å². The van der Waals surface area contributed by atoms with E-state index in [1.54, 1.807) is 18.7 Å². The van der Waals surface area contributed by atoms with Crippen LogP contribution in [-0.2, 0) is 16.0 Å². The molecule has 1 aliphatic heterocycles. The van der Waals surface area contributed by atoms with E-state index in [0.717, 1.165) is 11.3 Å². The molecule has 0 unspecified atom stereocenters. The van der Waals surface area contributed by atoms with E-state index in [0.29, 0.717) is 25.3 Å². The maximum atomic E-state index is 12.0. The molecule has 1 aliphatic rings. The summed E-state index contributed by atoms with van der Waals surface area (Å²) in [5, 5.41) is 12.7. The molecule has 6 nitrogen and oxygen atoms in total. The number of carbonyl (C=O) groups excluding carboxylic acids is 1. The standard InChI is InChI=1S/C12H16N2O4/c1-7-10(8(2)18-13-7)5-11(15)14-4-3-9(6-14)12(16)17/h9H,3-6H2,1-2H3,(H,16,17)/t9-/m1/s1. The molecule has 0 aromatic carbocycles. The second-order valence-corrected chi connectivity index (χ2v) is 4.64. The zero-order valence-corrected chi connectivity index (χ0v) is 10.5. The van der Waals surface area contributed by atoms with Crippen molar-refractivity contribution in [2.75, 3.05) is 13.1 Å². The summed E-state index contributed by atoms with van der Waals surface area (Å²) < 4.78 is 5.00. The van der Waals surface area contributed by atoms with Crippen LogP contribution in [0.2, 0.25) is 0 Å². The van der Waals surface area contributed by atoms with Crippen molar-refractivity contribution < 1.29 is 19.2 Å². The van der Waals surface area contributed by atoms with Gasteiger partial charge in [-0.15, -0.1) is 0 Å². The molecule has 98 valence electrons. The Morgan fingerprint density at radius 3 is 2.72 bits per heavy atom. The molecule has 6 heteroatoms. The highest BCUT2D eigenvalue weighted by Gasteiger charge is 2.31. The number of aromatic nitrogens is 1. The lowest BCUT2D eigenvalue weighted by molar-refractivity contribution is -0.141. The first kappa shape index (κ1) is 12.6. The van der Waals surface area contributed by atoms with Gasteiger partial charge >= 0.3 is 5.97 Å². The number of carboxylic acids is 1. The first-order valence-electron chi connectivity index (χ1n) is 5.91. The normalized spacial score (nSPS) is 19.2. The van der Waals surface area contributed by atoms with Gasteiger partial charge in [-0.1, -0.05) is 5.16 Å². The van der Waals surface area contributed by atoms with E-state index < -0.39 is 11.9 Å². The summed E-state index contributed by atoms with van der Waals surface area (Å²) >= 11 is 0. The zero-order valence-electron chi connectivity index (χ0n) is 10.5. The number of aliphatic carboxylic acids is 1. The Balaban J connectivity index is 2.00. The third kappa shape index (κ3) is 2.37. The van der Waals surface area contributed by atoms with Crippen molar-refractivity contribution in [2.45, 2.75) is 26.7 Å². The fourth-order valence-electron chi connectivity index (χ4n) is 2.21. The summed E-state index contributed by atoms with van der Waals surface area (Å²) in [7, 11) is 0. The summed E-state index contributed by atoms with van der Waals surface area (Å²) in [5.74, 6) is -0.677. The second kappa shape index (κ2) is 4.80. The average molecular weight is 252 g/mol. The summed E-state index contributed by atoms with van der Waals surface area (Å²) in [6.45, 7) is 4.38. The maximum absolute atomic E-state index is 12.0. The fourth-order valence-corrected chi connectivity index (χ4v) is 2.21. The smallest absolute Gasteiger partial charge is 0.308 e. The monoisotopic (exact) mass is 252 g/mol. The summed E-state index contributed by atoms with van der Waals surface area (Å²) in [6.07, 6.45) is 0.760. The molecule has 1 amide bonds. The van der Waals surface area contributed by atoms with Crippen LogP contribution in [0.15, 0.2) is 4.52 Å². The Labute approximate surface area is 105 Å². The Morgan fingerprint density at radius 2 is 2.22 bits per heavy atom.